The van der Waals surface area contributed by atoms with E-state index in [9.17, 15) is 0 Å². The van der Waals surface area contributed by atoms with Crippen LogP contribution in [0.15, 0.2) is 35.6 Å². The van der Waals surface area contributed by atoms with Crippen molar-refractivity contribution in [2.24, 2.45) is 4.99 Å². The van der Waals surface area contributed by atoms with Crippen molar-refractivity contribution in [3.63, 3.8) is 0 Å². The van der Waals surface area contributed by atoms with Gasteiger partial charge in [0.05, 0.1) is 0 Å². The summed E-state index contributed by atoms with van der Waals surface area (Å²) >= 11 is 0. The van der Waals surface area contributed by atoms with Crippen LogP contribution in [0.5, 0.6) is 0 Å². The van der Waals surface area contributed by atoms with Crippen molar-refractivity contribution in [1.29, 1.82) is 0 Å². The summed E-state index contributed by atoms with van der Waals surface area (Å²) in [4.78, 5) is 17.7. The molecule has 0 radical (unpaired) electrons. The fraction of sp³-hybridized carbons (Fsp3) is 0.476. The number of halogens is 1. The van der Waals surface area contributed by atoms with Crippen LogP contribution in [0, 0.1) is 20.8 Å². The van der Waals surface area contributed by atoms with Gasteiger partial charge in [-0.15, -0.1) is 24.0 Å². The standard InChI is InChI=1S/C21H30N6.HI/c1-16-14-17(2)19(18(3)15-16)6-9-25-20(22-4)26-10-12-27(13-11-26)21-23-7-5-8-24-21;/h5,7-8,14-15H,6,9-13H2,1-4H3,(H,22,25);1H. The van der Waals surface area contributed by atoms with Crippen molar-refractivity contribution < 1.29 is 0 Å². The molecule has 28 heavy (non-hydrogen) atoms. The second-order valence-corrected chi connectivity index (χ2v) is 7.12. The fourth-order valence-electron chi connectivity index (χ4n) is 3.81. The zero-order valence-electron chi connectivity index (χ0n) is 17.3. The normalized spacial score (nSPS) is 14.6. The van der Waals surface area contributed by atoms with E-state index in [-0.39, 0.29) is 24.0 Å². The van der Waals surface area contributed by atoms with Crippen molar-refractivity contribution in [3.8, 4) is 0 Å². The molecule has 1 fully saturated rings. The van der Waals surface area contributed by atoms with E-state index in [2.05, 4.69) is 63.0 Å². The molecule has 0 amide bonds. The lowest BCUT2D eigenvalue weighted by molar-refractivity contribution is 0.370. The summed E-state index contributed by atoms with van der Waals surface area (Å²) in [5.41, 5.74) is 5.52. The largest absolute Gasteiger partial charge is 0.356 e. The van der Waals surface area contributed by atoms with Crippen LogP contribution in [0.3, 0.4) is 0 Å². The molecule has 1 aromatic carbocycles. The van der Waals surface area contributed by atoms with Gasteiger partial charge in [0.2, 0.25) is 5.95 Å². The summed E-state index contributed by atoms with van der Waals surface area (Å²) in [7, 11) is 1.86. The van der Waals surface area contributed by atoms with Gasteiger partial charge >= 0.3 is 0 Å². The molecule has 3 rings (SSSR count). The van der Waals surface area contributed by atoms with Crippen LogP contribution in [-0.4, -0.2) is 60.6 Å². The van der Waals surface area contributed by atoms with Gasteiger partial charge in [-0.05, 0) is 49.9 Å². The van der Waals surface area contributed by atoms with Crippen molar-refractivity contribution in [2.45, 2.75) is 27.2 Å². The van der Waals surface area contributed by atoms with Gasteiger partial charge in [-0.25, -0.2) is 9.97 Å². The monoisotopic (exact) mass is 494 g/mol. The Hall–Kier alpha value is -1.90. The number of hydrogen-bond donors (Lipinski definition) is 1. The molecule has 152 valence electrons. The molecule has 1 saturated heterocycles. The van der Waals surface area contributed by atoms with E-state index in [4.69, 9.17) is 0 Å². The number of aromatic nitrogens is 2. The van der Waals surface area contributed by atoms with Gasteiger partial charge in [-0.3, -0.25) is 4.99 Å². The highest BCUT2D eigenvalue weighted by atomic mass is 127. The second kappa shape index (κ2) is 10.6. The number of nitrogens with one attached hydrogen (secondary N) is 1. The number of piperazine rings is 1. The minimum absolute atomic E-state index is 0. The Morgan fingerprint density at radius 3 is 2.21 bits per heavy atom. The van der Waals surface area contributed by atoms with Crippen LogP contribution >= 0.6 is 24.0 Å². The summed E-state index contributed by atoms with van der Waals surface area (Å²) < 4.78 is 0. The van der Waals surface area contributed by atoms with E-state index in [1.54, 1.807) is 12.4 Å². The SMILES string of the molecule is CN=C(NCCc1c(C)cc(C)cc1C)N1CCN(c2ncccn2)CC1.I. The molecule has 0 spiro atoms. The van der Waals surface area contributed by atoms with Crippen molar-refractivity contribution >= 4 is 35.9 Å². The molecule has 2 aromatic rings. The molecule has 7 heteroatoms. The molecule has 1 N–H and O–H groups in total. The minimum atomic E-state index is 0. The van der Waals surface area contributed by atoms with Crippen molar-refractivity contribution in [3.05, 3.63) is 52.8 Å². The predicted molar refractivity (Wildman–Crippen MR) is 127 cm³/mol. The first-order chi connectivity index (χ1) is 13.1. The summed E-state index contributed by atoms with van der Waals surface area (Å²) in [6.07, 6.45) is 4.60. The summed E-state index contributed by atoms with van der Waals surface area (Å²) in [5, 5.41) is 3.54. The number of anilines is 1. The first-order valence-electron chi connectivity index (χ1n) is 9.63. The first-order valence-corrected chi connectivity index (χ1v) is 9.63. The molecule has 1 aromatic heterocycles. The van der Waals surface area contributed by atoms with E-state index >= 15 is 0 Å². The Morgan fingerprint density at radius 2 is 1.64 bits per heavy atom. The lowest BCUT2D eigenvalue weighted by Crippen LogP contribution is -2.53. The smallest absolute Gasteiger partial charge is 0.225 e. The van der Waals surface area contributed by atoms with Crippen LogP contribution in [0.1, 0.15) is 22.3 Å². The quantitative estimate of drug-likeness (QED) is 0.403. The third-order valence-electron chi connectivity index (χ3n) is 5.12. The molecule has 0 atom stereocenters. The molecule has 0 aliphatic carbocycles. The number of aliphatic imine (C=N–C) groups is 1. The highest BCUT2D eigenvalue weighted by Crippen LogP contribution is 2.16. The van der Waals surface area contributed by atoms with E-state index in [1.165, 1.54) is 22.3 Å². The number of guanidine groups is 1. The Kier molecular flexibility index (Phi) is 8.47. The topological polar surface area (TPSA) is 56.7 Å². The van der Waals surface area contributed by atoms with Gasteiger partial charge in [-0.2, -0.15) is 0 Å². The summed E-state index contributed by atoms with van der Waals surface area (Å²) in [5.74, 6) is 1.79. The molecule has 2 heterocycles. The third kappa shape index (κ3) is 5.56. The van der Waals surface area contributed by atoms with E-state index < -0.39 is 0 Å². The Morgan fingerprint density at radius 1 is 1.04 bits per heavy atom. The number of benzene rings is 1. The highest BCUT2D eigenvalue weighted by Gasteiger charge is 2.21. The molecule has 0 bridgehead atoms. The van der Waals surface area contributed by atoms with Gasteiger partial charge in [0.25, 0.3) is 0 Å². The third-order valence-corrected chi connectivity index (χ3v) is 5.12. The van der Waals surface area contributed by atoms with Crippen molar-refractivity contribution in [2.75, 3.05) is 44.7 Å². The van der Waals surface area contributed by atoms with Gasteiger partial charge in [0.1, 0.15) is 0 Å². The van der Waals surface area contributed by atoms with E-state index in [0.717, 1.165) is 51.1 Å². The van der Waals surface area contributed by atoms with Crippen LogP contribution in [-0.2, 0) is 6.42 Å². The maximum Gasteiger partial charge on any atom is 0.225 e. The number of rotatable bonds is 4. The molecular weight excluding hydrogens is 463 g/mol. The van der Waals surface area contributed by atoms with Crippen LogP contribution in [0.2, 0.25) is 0 Å². The summed E-state index contributed by atoms with van der Waals surface area (Å²) in [6, 6.07) is 6.38. The predicted octanol–water partition coefficient (Wildman–Crippen LogP) is 2.96. The number of aryl methyl sites for hydroxylation is 3. The lowest BCUT2D eigenvalue weighted by atomic mass is 9.97. The van der Waals surface area contributed by atoms with Crippen LogP contribution < -0.4 is 10.2 Å². The van der Waals surface area contributed by atoms with Gasteiger partial charge < -0.3 is 15.1 Å². The number of hydrogen-bond acceptors (Lipinski definition) is 4. The number of nitrogens with zero attached hydrogens (tertiary/aromatic N) is 5. The zero-order chi connectivity index (χ0) is 19.2. The van der Waals surface area contributed by atoms with E-state index in [1.807, 2.05) is 13.1 Å². The van der Waals surface area contributed by atoms with Crippen LogP contribution in [0.25, 0.3) is 0 Å². The Labute approximate surface area is 185 Å². The minimum Gasteiger partial charge on any atom is -0.356 e. The van der Waals surface area contributed by atoms with Gasteiger partial charge in [0, 0.05) is 52.2 Å². The average molecular weight is 494 g/mol. The van der Waals surface area contributed by atoms with Gasteiger partial charge in [0.15, 0.2) is 5.96 Å². The maximum atomic E-state index is 4.48. The molecule has 0 unspecified atom stereocenters. The fourth-order valence-corrected chi connectivity index (χ4v) is 3.81. The first kappa shape index (κ1) is 22.4. The molecule has 1 aliphatic rings. The van der Waals surface area contributed by atoms with Crippen LogP contribution in [0.4, 0.5) is 5.95 Å². The van der Waals surface area contributed by atoms with Crippen molar-refractivity contribution in [1.82, 2.24) is 20.2 Å². The molecule has 0 saturated carbocycles. The molecular formula is C21H31IN6. The Bertz CT molecular complexity index is 762. The zero-order valence-corrected chi connectivity index (χ0v) is 19.6. The van der Waals surface area contributed by atoms with E-state index in [0.29, 0.717) is 0 Å². The summed E-state index contributed by atoms with van der Waals surface area (Å²) in [6.45, 7) is 11.1. The Balaban J connectivity index is 0.00000280. The highest BCUT2D eigenvalue weighted by molar-refractivity contribution is 14.0. The molecule has 1 aliphatic heterocycles. The second-order valence-electron chi connectivity index (χ2n) is 7.12. The molecule has 6 nitrogen and oxygen atoms in total. The average Bonchev–Trinajstić information content (AvgIpc) is 2.68. The maximum absolute atomic E-state index is 4.48. The lowest BCUT2D eigenvalue weighted by Gasteiger charge is -2.36. The van der Waals surface area contributed by atoms with Gasteiger partial charge in [-0.1, -0.05) is 17.7 Å².